The summed E-state index contributed by atoms with van der Waals surface area (Å²) >= 11 is 3.35. The number of nitrogen functional groups attached to an aromatic ring is 1. The lowest BCUT2D eigenvalue weighted by Gasteiger charge is -2.07. The van der Waals surface area contributed by atoms with E-state index in [1.165, 1.54) is 0 Å². The molecule has 86 valence electrons. The summed E-state index contributed by atoms with van der Waals surface area (Å²) in [6.45, 7) is 0. The Labute approximate surface area is 108 Å². The molecule has 0 saturated carbocycles. The standard InChI is InChI=1S/C13H11BrN2O/c14-10-6-8(5-9(7-10)13(16)17)11-3-1-2-4-12(11)15/h1-7H,15H2,(H2,16,17). The van der Waals surface area contributed by atoms with Crippen LogP contribution in [0.3, 0.4) is 0 Å². The van der Waals surface area contributed by atoms with Gasteiger partial charge in [0.2, 0.25) is 5.91 Å². The van der Waals surface area contributed by atoms with Crippen LogP contribution in [0.4, 0.5) is 5.69 Å². The largest absolute Gasteiger partial charge is 0.398 e. The van der Waals surface area contributed by atoms with Gasteiger partial charge >= 0.3 is 0 Å². The van der Waals surface area contributed by atoms with Crippen molar-refractivity contribution in [3.8, 4) is 11.1 Å². The van der Waals surface area contributed by atoms with E-state index < -0.39 is 5.91 Å². The summed E-state index contributed by atoms with van der Waals surface area (Å²) in [4.78, 5) is 11.2. The Morgan fingerprint density at radius 3 is 2.47 bits per heavy atom. The molecule has 2 aromatic rings. The molecule has 0 atom stereocenters. The van der Waals surface area contributed by atoms with Crippen molar-refractivity contribution in [3.05, 3.63) is 52.5 Å². The van der Waals surface area contributed by atoms with Gasteiger partial charge in [0.1, 0.15) is 0 Å². The number of hydrogen-bond acceptors (Lipinski definition) is 2. The van der Waals surface area contributed by atoms with E-state index in [-0.39, 0.29) is 0 Å². The fourth-order valence-corrected chi connectivity index (χ4v) is 2.14. The van der Waals surface area contributed by atoms with E-state index >= 15 is 0 Å². The van der Waals surface area contributed by atoms with Gasteiger partial charge in [-0.25, -0.2) is 0 Å². The van der Waals surface area contributed by atoms with Crippen molar-refractivity contribution >= 4 is 27.5 Å². The summed E-state index contributed by atoms with van der Waals surface area (Å²) in [5.41, 5.74) is 14.1. The van der Waals surface area contributed by atoms with Crippen LogP contribution in [0.25, 0.3) is 11.1 Å². The molecule has 17 heavy (non-hydrogen) atoms. The highest BCUT2D eigenvalue weighted by Crippen LogP contribution is 2.29. The van der Waals surface area contributed by atoms with Crippen molar-refractivity contribution in [2.75, 3.05) is 5.73 Å². The zero-order valence-corrected chi connectivity index (χ0v) is 10.6. The number of para-hydroxylation sites is 1. The maximum absolute atomic E-state index is 11.2. The molecule has 2 rings (SSSR count). The Hall–Kier alpha value is -1.81. The first-order valence-electron chi connectivity index (χ1n) is 5.03. The molecule has 4 N–H and O–H groups in total. The molecular formula is C13H11BrN2O. The normalized spacial score (nSPS) is 10.2. The molecule has 0 unspecified atom stereocenters. The van der Waals surface area contributed by atoms with E-state index in [0.29, 0.717) is 11.3 Å². The second kappa shape index (κ2) is 4.59. The van der Waals surface area contributed by atoms with Crippen molar-refractivity contribution in [1.29, 1.82) is 0 Å². The number of rotatable bonds is 2. The summed E-state index contributed by atoms with van der Waals surface area (Å²) in [6.07, 6.45) is 0. The number of carbonyl (C=O) groups excluding carboxylic acids is 1. The molecule has 0 radical (unpaired) electrons. The molecule has 0 aromatic heterocycles. The Balaban J connectivity index is 2.60. The van der Waals surface area contributed by atoms with Crippen molar-refractivity contribution in [3.63, 3.8) is 0 Å². The minimum Gasteiger partial charge on any atom is -0.398 e. The van der Waals surface area contributed by atoms with Crippen molar-refractivity contribution in [2.24, 2.45) is 5.73 Å². The quantitative estimate of drug-likeness (QED) is 0.835. The van der Waals surface area contributed by atoms with E-state index in [9.17, 15) is 4.79 Å². The molecule has 0 aliphatic rings. The average molecular weight is 291 g/mol. The number of primary amides is 1. The van der Waals surface area contributed by atoms with Crippen LogP contribution in [0.2, 0.25) is 0 Å². The van der Waals surface area contributed by atoms with Crippen LogP contribution < -0.4 is 11.5 Å². The van der Waals surface area contributed by atoms with Gasteiger partial charge in [-0.15, -0.1) is 0 Å². The van der Waals surface area contributed by atoms with Crippen LogP contribution in [-0.2, 0) is 0 Å². The smallest absolute Gasteiger partial charge is 0.248 e. The molecule has 4 heteroatoms. The van der Waals surface area contributed by atoms with Crippen LogP contribution in [0.1, 0.15) is 10.4 Å². The molecule has 0 spiro atoms. The van der Waals surface area contributed by atoms with Gasteiger partial charge in [0.25, 0.3) is 0 Å². The van der Waals surface area contributed by atoms with Crippen molar-refractivity contribution in [1.82, 2.24) is 0 Å². The first-order valence-corrected chi connectivity index (χ1v) is 5.82. The highest BCUT2D eigenvalue weighted by atomic mass is 79.9. The lowest BCUT2D eigenvalue weighted by molar-refractivity contribution is 0.100. The molecule has 0 bridgehead atoms. The van der Waals surface area contributed by atoms with Crippen molar-refractivity contribution < 1.29 is 4.79 Å². The van der Waals surface area contributed by atoms with Gasteiger partial charge in [-0.05, 0) is 29.8 Å². The molecule has 0 aliphatic carbocycles. The third-order valence-corrected chi connectivity index (χ3v) is 2.91. The Morgan fingerprint density at radius 2 is 1.82 bits per heavy atom. The highest BCUT2D eigenvalue weighted by Gasteiger charge is 2.07. The lowest BCUT2D eigenvalue weighted by Crippen LogP contribution is -2.10. The van der Waals surface area contributed by atoms with Crippen LogP contribution in [0, 0.1) is 0 Å². The Bertz CT molecular complexity index is 581. The highest BCUT2D eigenvalue weighted by molar-refractivity contribution is 9.10. The fraction of sp³-hybridized carbons (Fsp3) is 0. The molecule has 1 amide bonds. The molecule has 0 aliphatic heterocycles. The Morgan fingerprint density at radius 1 is 1.12 bits per heavy atom. The Kier molecular flexibility index (Phi) is 3.15. The number of anilines is 1. The van der Waals surface area contributed by atoms with Crippen LogP contribution in [0.15, 0.2) is 46.9 Å². The predicted octanol–water partition coefficient (Wildman–Crippen LogP) is 2.80. The minimum absolute atomic E-state index is 0.456. The maximum Gasteiger partial charge on any atom is 0.248 e. The summed E-state index contributed by atoms with van der Waals surface area (Å²) in [6, 6.07) is 12.8. The monoisotopic (exact) mass is 290 g/mol. The summed E-state index contributed by atoms with van der Waals surface area (Å²) in [7, 11) is 0. The fourth-order valence-electron chi connectivity index (χ4n) is 1.65. The van der Waals surface area contributed by atoms with E-state index in [0.717, 1.165) is 15.6 Å². The number of amides is 1. The zero-order chi connectivity index (χ0) is 12.4. The second-order valence-electron chi connectivity index (χ2n) is 3.68. The average Bonchev–Trinajstić information content (AvgIpc) is 2.28. The van der Waals surface area contributed by atoms with E-state index in [4.69, 9.17) is 11.5 Å². The number of halogens is 1. The molecule has 0 saturated heterocycles. The van der Waals surface area contributed by atoms with Crippen LogP contribution in [0.5, 0.6) is 0 Å². The second-order valence-corrected chi connectivity index (χ2v) is 4.60. The number of carbonyl (C=O) groups is 1. The lowest BCUT2D eigenvalue weighted by atomic mass is 10.0. The number of benzene rings is 2. The topological polar surface area (TPSA) is 69.1 Å². The predicted molar refractivity (Wildman–Crippen MR) is 72.5 cm³/mol. The number of hydrogen-bond donors (Lipinski definition) is 2. The van der Waals surface area contributed by atoms with E-state index in [2.05, 4.69) is 15.9 Å². The van der Waals surface area contributed by atoms with Gasteiger partial charge in [0.15, 0.2) is 0 Å². The van der Waals surface area contributed by atoms with Crippen LogP contribution >= 0.6 is 15.9 Å². The first kappa shape index (κ1) is 11.7. The number of nitrogens with two attached hydrogens (primary N) is 2. The third kappa shape index (κ3) is 2.47. The molecule has 3 nitrogen and oxygen atoms in total. The summed E-state index contributed by atoms with van der Waals surface area (Å²) in [5, 5.41) is 0. The van der Waals surface area contributed by atoms with E-state index in [1.54, 1.807) is 12.1 Å². The third-order valence-electron chi connectivity index (χ3n) is 2.45. The van der Waals surface area contributed by atoms with Gasteiger partial charge in [-0.2, -0.15) is 0 Å². The van der Waals surface area contributed by atoms with Gasteiger partial charge in [-0.1, -0.05) is 34.1 Å². The van der Waals surface area contributed by atoms with Gasteiger partial charge in [-0.3, -0.25) is 4.79 Å². The minimum atomic E-state index is -0.456. The SMILES string of the molecule is NC(=O)c1cc(Br)cc(-c2ccccc2N)c1. The van der Waals surface area contributed by atoms with Gasteiger partial charge in [0, 0.05) is 21.3 Å². The maximum atomic E-state index is 11.2. The van der Waals surface area contributed by atoms with Crippen molar-refractivity contribution in [2.45, 2.75) is 0 Å². The summed E-state index contributed by atoms with van der Waals surface area (Å²) in [5.74, 6) is -0.456. The van der Waals surface area contributed by atoms with E-state index in [1.807, 2.05) is 30.3 Å². The summed E-state index contributed by atoms with van der Waals surface area (Å²) < 4.78 is 0.798. The molecule has 0 fully saturated rings. The van der Waals surface area contributed by atoms with Crippen LogP contribution in [-0.4, -0.2) is 5.91 Å². The zero-order valence-electron chi connectivity index (χ0n) is 8.98. The van der Waals surface area contributed by atoms with Gasteiger partial charge in [0.05, 0.1) is 0 Å². The first-order chi connectivity index (χ1) is 8.08. The molecule has 2 aromatic carbocycles. The van der Waals surface area contributed by atoms with Gasteiger partial charge < -0.3 is 11.5 Å². The molecule has 0 heterocycles. The molecular weight excluding hydrogens is 280 g/mol.